The van der Waals surface area contributed by atoms with Crippen LogP contribution in [0.3, 0.4) is 0 Å². The van der Waals surface area contributed by atoms with Gasteiger partial charge in [-0.1, -0.05) is 12.5 Å². The Morgan fingerprint density at radius 2 is 1.80 bits per heavy atom. The molecule has 3 atom stereocenters. The fourth-order valence-corrected chi connectivity index (χ4v) is 2.93. The molecule has 0 bridgehead atoms. The smallest absolute Gasteiger partial charge is 0.131 e. The quantitative estimate of drug-likeness (QED) is 0.892. The molecule has 1 fully saturated rings. The van der Waals surface area contributed by atoms with E-state index < -0.39 is 17.7 Å². The molecule has 1 aliphatic rings. The number of hydrogen-bond acceptors (Lipinski definition) is 3. The standard InChI is InChI=1S/C15H23F2N3/c1-10-5-3-6-11(2)20(10)19-14(9-18)15-12(16)7-4-8-13(15)17/h4,7-8,10-11,14,19H,3,5-6,9,18H2,1-2H3. The Kier molecular flexibility index (Phi) is 5.07. The number of halogens is 2. The average molecular weight is 283 g/mol. The number of nitrogens with two attached hydrogens (primary N) is 1. The maximum Gasteiger partial charge on any atom is 0.131 e. The number of nitrogens with zero attached hydrogens (tertiary/aromatic N) is 1. The molecule has 5 heteroatoms. The highest BCUT2D eigenvalue weighted by Crippen LogP contribution is 2.25. The Balaban J connectivity index is 2.20. The molecule has 1 saturated heterocycles. The average Bonchev–Trinajstić information content (AvgIpc) is 2.40. The first-order chi connectivity index (χ1) is 9.54. The first-order valence-electron chi connectivity index (χ1n) is 7.23. The number of benzene rings is 1. The molecule has 0 aliphatic carbocycles. The Morgan fingerprint density at radius 3 is 2.30 bits per heavy atom. The van der Waals surface area contributed by atoms with Crippen molar-refractivity contribution in [2.75, 3.05) is 6.54 Å². The summed E-state index contributed by atoms with van der Waals surface area (Å²) in [7, 11) is 0. The lowest BCUT2D eigenvalue weighted by Gasteiger charge is -2.41. The molecule has 112 valence electrons. The largest absolute Gasteiger partial charge is 0.329 e. The maximum atomic E-state index is 13.9. The summed E-state index contributed by atoms with van der Waals surface area (Å²) >= 11 is 0. The van der Waals surface area contributed by atoms with E-state index in [0.717, 1.165) is 12.8 Å². The first-order valence-corrected chi connectivity index (χ1v) is 7.23. The third kappa shape index (κ3) is 3.16. The fraction of sp³-hybridized carbons (Fsp3) is 0.600. The van der Waals surface area contributed by atoms with Gasteiger partial charge in [-0.25, -0.2) is 19.2 Å². The van der Waals surface area contributed by atoms with Gasteiger partial charge in [0.15, 0.2) is 0 Å². The van der Waals surface area contributed by atoms with Gasteiger partial charge in [-0.15, -0.1) is 0 Å². The number of nitrogens with one attached hydrogen (secondary N) is 1. The van der Waals surface area contributed by atoms with Gasteiger partial charge in [0.2, 0.25) is 0 Å². The van der Waals surface area contributed by atoms with Crippen molar-refractivity contribution in [1.82, 2.24) is 10.4 Å². The zero-order chi connectivity index (χ0) is 14.7. The summed E-state index contributed by atoms with van der Waals surface area (Å²) in [6.07, 6.45) is 3.34. The second-order valence-electron chi connectivity index (χ2n) is 5.59. The molecule has 1 aromatic rings. The lowest BCUT2D eigenvalue weighted by molar-refractivity contribution is 0.0293. The highest BCUT2D eigenvalue weighted by molar-refractivity contribution is 5.23. The molecule has 3 N–H and O–H groups in total. The van der Waals surface area contributed by atoms with Crippen molar-refractivity contribution in [2.45, 2.75) is 51.2 Å². The van der Waals surface area contributed by atoms with Crippen molar-refractivity contribution >= 4 is 0 Å². The molecule has 1 heterocycles. The van der Waals surface area contributed by atoms with Crippen molar-refractivity contribution < 1.29 is 8.78 Å². The Labute approximate surface area is 119 Å². The first kappa shape index (κ1) is 15.4. The number of rotatable bonds is 4. The summed E-state index contributed by atoms with van der Waals surface area (Å²) in [5.41, 5.74) is 8.99. The van der Waals surface area contributed by atoms with Crippen LogP contribution in [-0.2, 0) is 0 Å². The molecule has 1 aromatic carbocycles. The van der Waals surface area contributed by atoms with Crippen molar-refractivity contribution in [3.05, 3.63) is 35.4 Å². The van der Waals surface area contributed by atoms with Crippen LogP contribution in [0.2, 0.25) is 0 Å². The van der Waals surface area contributed by atoms with E-state index in [-0.39, 0.29) is 12.1 Å². The fourth-order valence-electron chi connectivity index (χ4n) is 2.93. The third-order valence-electron chi connectivity index (χ3n) is 4.08. The van der Waals surface area contributed by atoms with Gasteiger partial charge in [-0.05, 0) is 38.8 Å². The van der Waals surface area contributed by atoms with Gasteiger partial charge < -0.3 is 5.73 Å². The summed E-state index contributed by atoms with van der Waals surface area (Å²) < 4.78 is 27.8. The summed E-state index contributed by atoms with van der Waals surface area (Å²) in [6, 6.07) is 4.04. The summed E-state index contributed by atoms with van der Waals surface area (Å²) in [6.45, 7) is 4.38. The predicted octanol–water partition coefficient (Wildman–Crippen LogP) is 2.73. The minimum atomic E-state index is -0.551. The minimum Gasteiger partial charge on any atom is -0.329 e. The molecule has 0 radical (unpaired) electrons. The van der Waals surface area contributed by atoms with E-state index >= 15 is 0 Å². The molecule has 20 heavy (non-hydrogen) atoms. The van der Waals surface area contributed by atoms with Gasteiger partial charge in [0.05, 0.1) is 6.04 Å². The second-order valence-corrected chi connectivity index (χ2v) is 5.59. The molecule has 1 aliphatic heterocycles. The summed E-state index contributed by atoms with van der Waals surface area (Å²) in [4.78, 5) is 0. The van der Waals surface area contributed by atoms with Gasteiger partial charge in [0.1, 0.15) is 11.6 Å². The molecule has 0 saturated carbocycles. The molecular formula is C15H23F2N3. The van der Waals surface area contributed by atoms with Crippen LogP contribution in [0.5, 0.6) is 0 Å². The number of hydrogen-bond donors (Lipinski definition) is 2. The normalized spacial score (nSPS) is 25.6. The Hall–Kier alpha value is -1.04. The molecule has 3 nitrogen and oxygen atoms in total. The van der Waals surface area contributed by atoms with E-state index in [9.17, 15) is 8.78 Å². The van der Waals surface area contributed by atoms with Crippen LogP contribution >= 0.6 is 0 Å². The van der Waals surface area contributed by atoms with Gasteiger partial charge in [0, 0.05) is 24.2 Å². The van der Waals surface area contributed by atoms with Crippen molar-refractivity contribution in [3.63, 3.8) is 0 Å². The van der Waals surface area contributed by atoms with E-state index in [1.54, 1.807) is 0 Å². The zero-order valence-electron chi connectivity index (χ0n) is 12.1. The van der Waals surface area contributed by atoms with Crippen LogP contribution in [0.25, 0.3) is 0 Å². The molecule has 2 rings (SSSR count). The highest BCUT2D eigenvalue weighted by atomic mass is 19.1. The lowest BCUT2D eigenvalue weighted by Crippen LogP contribution is -2.54. The SMILES string of the molecule is CC1CCCC(C)N1NC(CN)c1c(F)cccc1F. The van der Waals surface area contributed by atoms with Crippen LogP contribution < -0.4 is 11.2 Å². The van der Waals surface area contributed by atoms with Gasteiger partial charge in [0.25, 0.3) is 0 Å². The van der Waals surface area contributed by atoms with Crippen LogP contribution in [0.15, 0.2) is 18.2 Å². The predicted molar refractivity (Wildman–Crippen MR) is 75.9 cm³/mol. The molecule has 3 unspecified atom stereocenters. The van der Waals surface area contributed by atoms with E-state index in [0.29, 0.717) is 12.1 Å². The van der Waals surface area contributed by atoms with E-state index in [1.165, 1.54) is 24.6 Å². The third-order valence-corrected chi connectivity index (χ3v) is 4.08. The zero-order valence-corrected chi connectivity index (χ0v) is 12.1. The van der Waals surface area contributed by atoms with Crippen LogP contribution in [-0.4, -0.2) is 23.6 Å². The van der Waals surface area contributed by atoms with E-state index in [2.05, 4.69) is 24.3 Å². The second kappa shape index (κ2) is 6.61. The van der Waals surface area contributed by atoms with E-state index in [4.69, 9.17) is 5.73 Å². The van der Waals surface area contributed by atoms with Crippen molar-refractivity contribution in [3.8, 4) is 0 Å². The monoisotopic (exact) mass is 283 g/mol. The minimum absolute atomic E-state index is 0.0278. The van der Waals surface area contributed by atoms with Crippen molar-refractivity contribution in [1.29, 1.82) is 0 Å². The van der Waals surface area contributed by atoms with Gasteiger partial charge in [-0.3, -0.25) is 0 Å². The molecule has 0 amide bonds. The van der Waals surface area contributed by atoms with Crippen LogP contribution in [0.4, 0.5) is 8.78 Å². The lowest BCUT2D eigenvalue weighted by atomic mass is 9.99. The van der Waals surface area contributed by atoms with Crippen LogP contribution in [0.1, 0.15) is 44.7 Å². The molecular weight excluding hydrogens is 260 g/mol. The summed E-state index contributed by atoms with van der Waals surface area (Å²) in [5, 5.41) is 2.09. The summed E-state index contributed by atoms with van der Waals surface area (Å²) in [5.74, 6) is -1.10. The number of hydrazine groups is 1. The van der Waals surface area contributed by atoms with Gasteiger partial charge in [-0.2, -0.15) is 0 Å². The molecule has 0 spiro atoms. The van der Waals surface area contributed by atoms with Crippen molar-refractivity contribution in [2.24, 2.45) is 5.73 Å². The van der Waals surface area contributed by atoms with E-state index in [1.807, 2.05) is 0 Å². The Morgan fingerprint density at radius 1 is 1.25 bits per heavy atom. The Bertz CT molecular complexity index is 422. The van der Waals surface area contributed by atoms with Crippen LogP contribution in [0, 0.1) is 11.6 Å². The topological polar surface area (TPSA) is 41.3 Å². The highest BCUT2D eigenvalue weighted by Gasteiger charge is 2.28. The molecule has 0 aromatic heterocycles. The van der Waals surface area contributed by atoms with Gasteiger partial charge >= 0.3 is 0 Å². The number of piperidine rings is 1. The maximum absolute atomic E-state index is 13.9.